The Kier molecular flexibility index (Phi) is 5.68. The lowest BCUT2D eigenvalue weighted by molar-refractivity contribution is -0.0505. The molecule has 3 aromatic rings. The largest absolute Gasteiger partial charge is 0.465 e. The van der Waals surface area contributed by atoms with Crippen molar-refractivity contribution in [2.75, 3.05) is 17.2 Å². The number of hydrogen-bond acceptors (Lipinski definition) is 7. The number of anilines is 2. The molecule has 1 spiro atoms. The second-order valence-corrected chi connectivity index (χ2v) is 9.00. The molecule has 34 heavy (non-hydrogen) atoms. The van der Waals surface area contributed by atoms with Gasteiger partial charge < -0.3 is 20.3 Å². The third-order valence-electron chi connectivity index (χ3n) is 6.52. The van der Waals surface area contributed by atoms with Crippen LogP contribution in [0.15, 0.2) is 24.4 Å². The van der Waals surface area contributed by atoms with Gasteiger partial charge in [0.15, 0.2) is 5.82 Å². The fourth-order valence-corrected chi connectivity index (χ4v) is 4.72. The third-order valence-corrected chi connectivity index (χ3v) is 6.52. The van der Waals surface area contributed by atoms with Crippen molar-refractivity contribution in [2.24, 2.45) is 11.3 Å². The number of amides is 1. The lowest BCUT2D eigenvalue weighted by Crippen LogP contribution is -2.31. The number of carboxylic acid groups (broad SMARTS) is 1. The summed E-state index contributed by atoms with van der Waals surface area (Å²) >= 11 is 0. The van der Waals surface area contributed by atoms with Crippen molar-refractivity contribution in [3.63, 3.8) is 0 Å². The van der Waals surface area contributed by atoms with E-state index in [1.54, 1.807) is 16.8 Å². The minimum absolute atomic E-state index is 0.0611. The zero-order chi connectivity index (χ0) is 23.9. The highest BCUT2D eigenvalue weighted by atomic mass is 19.3. The summed E-state index contributed by atoms with van der Waals surface area (Å²) in [6.07, 6.45) is 5.09. The number of aliphatic hydroxyl groups excluding tert-OH is 1. The fourth-order valence-electron chi connectivity index (χ4n) is 4.72. The van der Waals surface area contributed by atoms with Gasteiger partial charge in [-0.15, -0.1) is 0 Å². The molecule has 4 N–H and O–H groups in total. The Morgan fingerprint density at radius 3 is 2.76 bits per heavy atom. The number of halogens is 2. The second kappa shape index (κ2) is 8.67. The zero-order valence-corrected chi connectivity index (χ0v) is 18.2. The van der Waals surface area contributed by atoms with E-state index in [1.807, 2.05) is 0 Å². The second-order valence-electron chi connectivity index (χ2n) is 9.00. The molecular weight excluding hydrogens is 450 g/mol. The van der Waals surface area contributed by atoms with E-state index < -0.39 is 12.7 Å². The predicted octanol–water partition coefficient (Wildman–Crippen LogP) is 3.66. The lowest BCUT2D eigenvalue weighted by Gasteiger charge is -2.36. The van der Waals surface area contributed by atoms with Gasteiger partial charge in [0.25, 0.3) is 0 Å². The molecule has 1 aromatic carbocycles. The summed E-state index contributed by atoms with van der Waals surface area (Å²) in [5, 5.41) is 28.2. The first-order valence-electron chi connectivity index (χ1n) is 11.0. The first kappa shape index (κ1) is 22.3. The van der Waals surface area contributed by atoms with Crippen molar-refractivity contribution < 1.29 is 28.5 Å². The molecule has 0 atom stereocenters. The van der Waals surface area contributed by atoms with Crippen molar-refractivity contribution in [1.82, 2.24) is 19.7 Å². The number of ether oxygens (including phenoxy) is 1. The summed E-state index contributed by atoms with van der Waals surface area (Å²) in [5.41, 5.74) is 2.33. The minimum Gasteiger partial charge on any atom is -0.465 e. The molecule has 2 aromatic heterocycles. The van der Waals surface area contributed by atoms with Crippen LogP contribution in [0.25, 0.3) is 11.0 Å². The Hall–Kier alpha value is -3.54. The molecule has 2 saturated carbocycles. The number of rotatable bonds is 9. The van der Waals surface area contributed by atoms with Crippen molar-refractivity contribution in [3.8, 4) is 5.75 Å². The summed E-state index contributed by atoms with van der Waals surface area (Å²) < 4.78 is 32.1. The number of alkyl halides is 2. The Morgan fingerprint density at radius 1 is 1.29 bits per heavy atom. The SMILES string of the molecule is O=C(O)Nc1nc(NCC2CC3(CC3)C2)c2c(cnn2Cc2ccc(CO)cc2OC(F)F)n1. The van der Waals surface area contributed by atoms with Crippen LogP contribution in [-0.2, 0) is 13.2 Å². The van der Waals surface area contributed by atoms with Gasteiger partial charge in [-0.1, -0.05) is 12.1 Å². The van der Waals surface area contributed by atoms with Gasteiger partial charge in [0.05, 0.1) is 19.3 Å². The minimum atomic E-state index is -3.02. The number of nitrogens with zero attached hydrogens (tertiary/aromatic N) is 4. The van der Waals surface area contributed by atoms with Gasteiger partial charge in [-0.05, 0) is 48.6 Å². The van der Waals surface area contributed by atoms with Crippen LogP contribution >= 0.6 is 0 Å². The normalized spacial score (nSPS) is 16.6. The van der Waals surface area contributed by atoms with Crippen LogP contribution in [0.2, 0.25) is 0 Å². The molecule has 10 nitrogen and oxygen atoms in total. The van der Waals surface area contributed by atoms with Crippen molar-refractivity contribution in [2.45, 2.75) is 45.4 Å². The highest BCUT2D eigenvalue weighted by Gasteiger charge is 2.52. The molecule has 0 saturated heterocycles. The van der Waals surface area contributed by atoms with Crippen LogP contribution in [0, 0.1) is 11.3 Å². The third kappa shape index (κ3) is 4.58. The van der Waals surface area contributed by atoms with Crippen LogP contribution in [0.1, 0.15) is 36.8 Å². The predicted molar refractivity (Wildman–Crippen MR) is 118 cm³/mol. The van der Waals surface area contributed by atoms with Crippen LogP contribution in [0.3, 0.4) is 0 Å². The monoisotopic (exact) mass is 474 g/mol. The average Bonchev–Trinajstić information content (AvgIpc) is 3.46. The topological polar surface area (TPSA) is 134 Å². The molecule has 0 aliphatic heterocycles. The molecule has 0 radical (unpaired) electrons. The van der Waals surface area contributed by atoms with Crippen LogP contribution < -0.4 is 15.4 Å². The van der Waals surface area contributed by atoms with E-state index in [4.69, 9.17) is 5.11 Å². The Bertz CT molecular complexity index is 1220. The molecule has 0 unspecified atom stereocenters. The van der Waals surface area contributed by atoms with Crippen LogP contribution in [0.5, 0.6) is 5.75 Å². The summed E-state index contributed by atoms with van der Waals surface area (Å²) in [4.78, 5) is 19.7. The van der Waals surface area contributed by atoms with Gasteiger partial charge in [-0.25, -0.2) is 9.78 Å². The quantitative estimate of drug-likeness (QED) is 0.369. The molecule has 0 bridgehead atoms. The maximum Gasteiger partial charge on any atom is 0.411 e. The van der Waals surface area contributed by atoms with Gasteiger partial charge in [0, 0.05) is 12.1 Å². The van der Waals surface area contributed by atoms with Gasteiger partial charge in [0.2, 0.25) is 5.95 Å². The van der Waals surface area contributed by atoms with Crippen molar-refractivity contribution >= 4 is 28.9 Å². The molecule has 180 valence electrons. The van der Waals surface area contributed by atoms with Gasteiger partial charge >= 0.3 is 12.7 Å². The maximum absolute atomic E-state index is 13.0. The summed E-state index contributed by atoms with van der Waals surface area (Å²) in [7, 11) is 0. The summed E-state index contributed by atoms with van der Waals surface area (Å²) in [5.74, 6) is 0.778. The van der Waals surface area contributed by atoms with E-state index in [0.717, 1.165) is 0 Å². The molecule has 2 heterocycles. The van der Waals surface area contributed by atoms with Crippen molar-refractivity contribution in [3.05, 3.63) is 35.5 Å². The van der Waals surface area contributed by atoms with Crippen molar-refractivity contribution in [1.29, 1.82) is 0 Å². The summed E-state index contributed by atoms with van der Waals surface area (Å²) in [6.45, 7) is -2.58. The molecule has 5 rings (SSSR count). The number of hydrogen-bond donors (Lipinski definition) is 4. The average molecular weight is 474 g/mol. The number of fused-ring (bicyclic) bond motifs is 1. The highest BCUT2D eigenvalue weighted by Crippen LogP contribution is 2.63. The van der Waals surface area contributed by atoms with Crippen LogP contribution in [0.4, 0.5) is 25.3 Å². The number of benzene rings is 1. The van der Waals surface area contributed by atoms with Gasteiger partial charge in [0.1, 0.15) is 16.8 Å². The van der Waals surface area contributed by atoms with Gasteiger partial charge in [-0.2, -0.15) is 18.9 Å². The molecule has 2 fully saturated rings. The first-order chi connectivity index (χ1) is 16.3. The molecule has 12 heteroatoms. The number of aliphatic hydroxyl groups is 1. The Morgan fingerprint density at radius 2 is 2.09 bits per heavy atom. The maximum atomic E-state index is 13.0. The van der Waals surface area contributed by atoms with Gasteiger partial charge in [-0.3, -0.25) is 10.00 Å². The van der Waals surface area contributed by atoms with E-state index in [0.29, 0.717) is 45.9 Å². The first-order valence-corrected chi connectivity index (χ1v) is 11.0. The Labute approximate surface area is 193 Å². The number of carbonyl (C=O) groups is 1. The zero-order valence-electron chi connectivity index (χ0n) is 18.2. The molecular formula is C22H24F2N6O4. The fraction of sp³-hybridized carbons (Fsp3) is 0.455. The molecule has 2 aliphatic carbocycles. The van der Waals surface area contributed by atoms with Crippen LogP contribution in [-0.4, -0.2) is 49.2 Å². The number of nitrogens with one attached hydrogen (secondary N) is 2. The molecule has 2 aliphatic rings. The van der Waals surface area contributed by atoms with E-state index in [2.05, 4.69) is 30.4 Å². The standard InChI is InChI=1S/C22H24F2N6O4/c23-19(24)34-16-5-12(11-31)1-2-14(16)10-30-17-15(9-26-30)27-20(29-21(32)33)28-18(17)25-8-13-6-22(7-13)3-4-22/h1-2,5,9,13,19,31H,3-4,6-8,10-11H2,(H,32,33)(H2,25,27,28,29). The lowest BCUT2D eigenvalue weighted by atomic mass is 9.72. The van der Waals surface area contributed by atoms with E-state index in [-0.39, 0.29) is 24.8 Å². The van der Waals surface area contributed by atoms with E-state index >= 15 is 0 Å². The number of aromatic nitrogens is 4. The van der Waals surface area contributed by atoms with E-state index in [9.17, 15) is 18.7 Å². The van der Waals surface area contributed by atoms with E-state index in [1.165, 1.54) is 37.9 Å². The summed E-state index contributed by atoms with van der Waals surface area (Å²) in [6, 6.07) is 4.57. The Balaban J connectivity index is 1.46. The smallest absolute Gasteiger partial charge is 0.411 e. The molecule has 1 amide bonds. The highest BCUT2D eigenvalue weighted by molar-refractivity contribution is 5.89.